The third-order valence-electron chi connectivity index (χ3n) is 10.8. The third-order valence-corrected chi connectivity index (χ3v) is 10.8. The highest BCUT2D eigenvalue weighted by atomic mass is 16.5. The van der Waals surface area contributed by atoms with Crippen LogP contribution >= 0.6 is 0 Å². The van der Waals surface area contributed by atoms with Crippen molar-refractivity contribution in [3.05, 3.63) is 23.8 Å². The van der Waals surface area contributed by atoms with Gasteiger partial charge in [-0.05, 0) is 118 Å². The molecule has 4 fully saturated rings. The Balaban J connectivity index is 1.47. The van der Waals surface area contributed by atoms with Gasteiger partial charge in [0.25, 0.3) is 0 Å². The number of hydrogen-bond donors (Lipinski definition) is 0. The molecule has 1 saturated heterocycles. The van der Waals surface area contributed by atoms with Crippen LogP contribution in [0.4, 0.5) is 0 Å². The Morgan fingerprint density at radius 3 is 2.32 bits per heavy atom. The minimum atomic E-state index is 0.0599. The molecule has 31 heavy (non-hydrogen) atoms. The molecule has 0 aromatic heterocycles. The van der Waals surface area contributed by atoms with E-state index in [-0.39, 0.29) is 5.60 Å². The van der Waals surface area contributed by atoms with Gasteiger partial charge in [0.2, 0.25) is 0 Å². The maximum absolute atomic E-state index is 7.05. The lowest BCUT2D eigenvalue weighted by molar-refractivity contribution is -0.229. The van der Waals surface area contributed by atoms with E-state index >= 15 is 0 Å². The van der Waals surface area contributed by atoms with Gasteiger partial charge in [0, 0.05) is 0 Å². The van der Waals surface area contributed by atoms with Crippen LogP contribution in [-0.2, 0) is 4.74 Å². The van der Waals surface area contributed by atoms with Crippen LogP contribution in [0.25, 0.3) is 0 Å². The van der Waals surface area contributed by atoms with Crippen molar-refractivity contribution >= 4 is 0 Å². The van der Waals surface area contributed by atoms with Crippen molar-refractivity contribution in [2.24, 2.45) is 34.0 Å². The molecule has 4 rings (SSSR count). The van der Waals surface area contributed by atoms with Crippen molar-refractivity contribution in [1.82, 2.24) is 0 Å². The van der Waals surface area contributed by atoms with Crippen molar-refractivity contribution < 1.29 is 4.74 Å². The van der Waals surface area contributed by atoms with Gasteiger partial charge in [0.05, 0.1) is 11.7 Å². The second-order valence-electron chi connectivity index (χ2n) is 13.7. The van der Waals surface area contributed by atoms with E-state index in [0.29, 0.717) is 28.3 Å². The summed E-state index contributed by atoms with van der Waals surface area (Å²) < 4.78 is 7.05. The zero-order valence-electron chi connectivity index (χ0n) is 21.8. The summed E-state index contributed by atoms with van der Waals surface area (Å²) >= 11 is 0. The van der Waals surface area contributed by atoms with Crippen LogP contribution in [0.5, 0.6) is 0 Å². The van der Waals surface area contributed by atoms with Crippen LogP contribution in [0, 0.1) is 34.0 Å². The third kappa shape index (κ3) is 4.11. The van der Waals surface area contributed by atoms with Gasteiger partial charge in [-0.25, -0.2) is 0 Å². The normalized spacial score (nSPS) is 45.0. The van der Waals surface area contributed by atoms with Crippen LogP contribution in [0.3, 0.4) is 0 Å². The average molecular weight is 427 g/mol. The first-order chi connectivity index (χ1) is 14.4. The van der Waals surface area contributed by atoms with Gasteiger partial charge in [-0.15, -0.1) is 0 Å². The second kappa shape index (κ2) is 8.03. The fourth-order valence-corrected chi connectivity index (χ4v) is 9.00. The highest BCUT2D eigenvalue weighted by Crippen LogP contribution is 2.65. The Morgan fingerprint density at radius 1 is 0.903 bits per heavy atom. The molecule has 0 N–H and O–H groups in total. The molecule has 6 atom stereocenters. The SMILES string of the molecule is C=C1CCCC(C)(C)[C@@H]1C/C=C(\C)[C@H]1CC[C@@H]2[C@@]3(C)CCCC(C)(C)[C@@H]3CC[C@@]2(C)O1. The van der Waals surface area contributed by atoms with E-state index in [0.717, 1.165) is 18.3 Å². The first-order valence-electron chi connectivity index (χ1n) is 13.4. The molecule has 0 aromatic rings. The molecule has 0 bridgehead atoms. The smallest absolute Gasteiger partial charge is 0.0790 e. The van der Waals surface area contributed by atoms with Crippen LogP contribution < -0.4 is 0 Å². The molecule has 176 valence electrons. The van der Waals surface area contributed by atoms with E-state index in [9.17, 15) is 0 Å². The van der Waals surface area contributed by atoms with E-state index < -0.39 is 0 Å². The first kappa shape index (κ1) is 23.6. The lowest BCUT2D eigenvalue weighted by Gasteiger charge is -2.64. The highest BCUT2D eigenvalue weighted by molar-refractivity contribution is 5.17. The Labute approximate surface area is 193 Å². The van der Waals surface area contributed by atoms with Crippen LogP contribution in [0.15, 0.2) is 23.8 Å². The summed E-state index contributed by atoms with van der Waals surface area (Å²) in [6.07, 6.45) is 17.2. The van der Waals surface area contributed by atoms with E-state index in [4.69, 9.17) is 4.74 Å². The van der Waals surface area contributed by atoms with Crippen molar-refractivity contribution in [2.75, 3.05) is 0 Å². The van der Waals surface area contributed by atoms with Crippen molar-refractivity contribution in [3.63, 3.8) is 0 Å². The quantitative estimate of drug-likeness (QED) is 0.409. The van der Waals surface area contributed by atoms with Crippen molar-refractivity contribution in [1.29, 1.82) is 0 Å². The predicted molar refractivity (Wildman–Crippen MR) is 133 cm³/mol. The fourth-order valence-electron chi connectivity index (χ4n) is 9.00. The molecule has 1 nitrogen and oxygen atoms in total. The van der Waals surface area contributed by atoms with E-state index in [1.165, 1.54) is 75.4 Å². The van der Waals surface area contributed by atoms with Crippen molar-refractivity contribution in [3.8, 4) is 0 Å². The molecule has 0 radical (unpaired) electrons. The Morgan fingerprint density at radius 2 is 1.61 bits per heavy atom. The summed E-state index contributed by atoms with van der Waals surface area (Å²) in [5.41, 5.74) is 4.35. The lowest BCUT2D eigenvalue weighted by Crippen LogP contribution is -2.61. The van der Waals surface area contributed by atoms with Gasteiger partial charge < -0.3 is 4.74 Å². The molecule has 1 heterocycles. The molecular formula is C30H50O. The van der Waals surface area contributed by atoms with Crippen molar-refractivity contribution in [2.45, 2.75) is 131 Å². The zero-order valence-corrected chi connectivity index (χ0v) is 21.8. The molecule has 3 aliphatic carbocycles. The van der Waals surface area contributed by atoms with E-state index in [1.807, 2.05) is 0 Å². The topological polar surface area (TPSA) is 9.23 Å². The summed E-state index contributed by atoms with van der Waals surface area (Å²) in [5.74, 6) is 2.21. The standard InChI is InChI=1S/C30H50O/c1-21-11-9-17-27(3,4)23(21)13-12-22(2)24-14-15-26-29(7)19-10-18-28(5,6)25(29)16-20-30(26,8)31-24/h12,23-26H,1,9-11,13-20H2,2-8H3/b22-12+/t23-,24-,25+,26-,29+,30-/m1/s1. The van der Waals surface area contributed by atoms with Gasteiger partial charge in [0.1, 0.15) is 0 Å². The van der Waals surface area contributed by atoms with Gasteiger partial charge in [0.15, 0.2) is 0 Å². The highest BCUT2D eigenvalue weighted by Gasteiger charge is 2.60. The summed E-state index contributed by atoms with van der Waals surface area (Å²) in [7, 11) is 0. The van der Waals surface area contributed by atoms with Gasteiger partial charge in [-0.3, -0.25) is 0 Å². The molecule has 0 aromatic carbocycles. The molecule has 0 unspecified atom stereocenters. The summed E-state index contributed by atoms with van der Waals surface area (Å²) in [6, 6.07) is 0. The summed E-state index contributed by atoms with van der Waals surface area (Å²) in [6.45, 7) is 21.8. The zero-order chi connectivity index (χ0) is 22.7. The molecule has 0 amide bonds. The molecule has 1 aliphatic heterocycles. The van der Waals surface area contributed by atoms with E-state index in [1.54, 1.807) is 0 Å². The number of ether oxygens (including phenoxy) is 1. The number of fused-ring (bicyclic) bond motifs is 3. The maximum atomic E-state index is 7.05. The Kier molecular flexibility index (Phi) is 6.11. The van der Waals surface area contributed by atoms with Crippen LogP contribution in [0.2, 0.25) is 0 Å². The second-order valence-corrected chi connectivity index (χ2v) is 13.7. The first-order valence-corrected chi connectivity index (χ1v) is 13.4. The van der Waals surface area contributed by atoms with E-state index in [2.05, 4.69) is 61.1 Å². The van der Waals surface area contributed by atoms with Crippen LogP contribution in [0.1, 0.15) is 119 Å². The summed E-state index contributed by atoms with van der Waals surface area (Å²) in [4.78, 5) is 0. The molecule has 0 spiro atoms. The molecule has 4 aliphatic rings. The Hall–Kier alpha value is -0.560. The molecular weight excluding hydrogens is 376 g/mol. The Bertz CT molecular complexity index is 727. The van der Waals surface area contributed by atoms with Crippen LogP contribution in [-0.4, -0.2) is 11.7 Å². The minimum Gasteiger partial charge on any atom is -0.367 e. The summed E-state index contributed by atoms with van der Waals surface area (Å²) in [5, 5.41) is 0. The van der Waals surface area contributed by atoms with Gasteiger partial charge >= 0.3 is 0 Å². The molecule has 3 saturated carbocycles. The average Bonchev–Trinajstić information content (AvgIpc) is 2.65. The number of allylic oxidation sites excluding steroid dienone is 2. The minimum absolute atomic E-state index is 0.0599. The largest absolute Gasteiger partial charge is 0.367 e. The number of rotatable bonds is 3. The number of hydrogen-bond acceptors (Lipinski definition) is 1. The lowest BCUT2D eigenvalue weighted by atomic mass is 9.44. The van der Waals surface area contributed by atoms with Gasteiger partial charge in [-0.2, -0.15) is 0 Å². The maximum Gasteiger partial charge on any atom is 0.0790 e. The molecule has 1 heteroatoms. The fraction of sp³-hybridized carbons (Fsp3) is 0.867. The van der Waals surface area contributed by atoms with Gasteiger partial charge in [-0.1, -0.05) is 59.3 Å². The predicted octanol–water partition coefficient (Wildman–Crippen LogP) is 8.89. The monoisotopic (exact) mass is 426 g/mol.